The summed E-state index contributed by atoms with van der Waals surface area (Å²) in [6, 6.07) is 10.2. The summed E-state index contributed by atoms with van der Waals surface area (Å²) < 4.78 is 0.343. The van der Waals surface area contributed by atoms with Gasteiger partial charge < -0.3 is 0 Å². The highest BCUT2D eigenvalue weighted by Gasteiger charge is 2.05. The van der Waals surface area contributed by atoms with Gasteiger partial charge in [-0.1, -0.05) is 60.5 Å². The van der Waals surface area contributed by atoms with Crippen LogP contribution in [0.1, 0.15) is 24.8 Å². The van der Waals surface area contributed by atoms with Gasteiger partial charge in [0, 0.05) is 5.92 Å². The van der Waals surface area contributed by atoms with Crippen LogP contribution in [0.25, 0.3) is 0 Å². The average molecular weight is 215 g/mol. The van der Waals surface area contributed by atoms with Crippen LogP contribution in [0.15, 0.2) is 40.9 Å². The second-order valence-electron chi connectivity index (χ2n) is 2.88. The molecule has 0 N–H and O–H groups in total. The van der Waals surface area contributed by atoms with Crippen molar-refractivity contribution in [2.45, 2.75) is 19.3 Å². The van der Waals surface area contributed by atoms with Crippen molar-refractivity contribution in [2.75, 3.05) is 0 Å². The van der Waals surface area contributed by atoms with Gasteiger partial charge in [0.1, 0.15) is 4.49 Å². The van der Waals surface area contributed by atoms with E-state index in [1.807, 2.05) is 24.3 Å². The topological polar surface area (TPSA) is 0 Å². The van der Waals surface area contributed by atoms with Crippen LogP contribution in [0.4, 0.5) is 0 Å². The zero-order valence-electron chi connectivity index (χ0n) is 7.50. The van der Waals surface area contributed by atoms with Crippen molar-refractivity contribution in [3.05, 3.63) is 46.5 Å². The van der Waals surface area contributed by atoms with Gasteiger partial charge in [0.25, 0.3) is 0 Å². The van der Waals surface area contributed by atoms with Crippen LogP contribution in [0, 0.1) is 0 Å². The largest absolute Gasteiger partial charge is 0.103 e. The third-order valence-corrected chi connectivity index (χ3v) is 2.25. The quantitative estimate of drug-likeness (QED) is 0.696. The predicted molar refractivity (Wildman–Crippen MR) is 59.3 cm³/mol. The van der Waals surface area contributed by atoms with E-state index in [0.717, 1.165) is 6.42 Å². The Kier molecular flexibility index (Phi) is 4.34. The first-order chi connectivity index (χ1) is 6.24. The van der Waals surface area contributed by atoms with Crippen LogP contribution >= 0.6 is 23.2 Å². The van der Waals surface area contributed by atoms with Gasteiger partial charge in [0.05, 0.1) is 0 Å². The van der Waals surface area contributed by atoms with E-state index in [9.17, 15) is 0 Å². The molecule has 2 heteroatoms. The molecule has 1 aromatic carbocycles. The summed E-state index contributed by atoms with van der Waals surface area (Å²) in [6.45, 7) is 2.12. The maximum atomic E-state index is 5.63. The Labute approximate surface area is 89.2 Å². The highest BCUT2D eigenvalue weighted by molar-refractivity contribution is 6.55. The highest BCUT2D eigenvalue weighted by Crippen LogP contribution is 2.24. The maximum Gasteiger partial charge on any atom is 0.103 e. The Balaban J connectivity index is 2.85. The first-order valence-corrected chi connectivity index (χ1v) is 5.07. The van der Waals surface area contributed by atoms with Gasteiger partial charge in [0.15, 0.2) is 0 Å². The van der Waals surface area contributed by atoms with Crippen LogP contribution in [-0.2, 0) is 0 Å². The van der Waals surface area contributed by atoms with Crippen LogP contribution in [0.3, 0.4) is 0 Å². The van der Waals surface area contributed by atoms with Crippen molar-refractivity contribution in [3.8, 4) is 0 Å². The van der Waals surface area contributed by atoms with Crippen molar-refractivity contribution in [1.29, 1.82) is 0 Å². The molecule has 0 aliphatic carbocycles. The minimum Gasteiger partial charge on any atom is -0.0712 e. The molecule has 0 aliphatic rings. The number of hydrogen-bond acceptors (Lipinski definition) is 0. The van der Waals surface area contributed by atoms with Gasteiger partial charge in [0.2, 0.25) is 0 Å². The van der Waals surface area contributed by atoms with Crippen molar-refractivity contribution in [1.82, 2.24) is 0 Å². The molecule has 13 heavy (non-hydrogen) atoms. The minimum absolute atomic E-state index is 0.325. The summed E-state index contributed by atoms with van der Waals surface area (Å²) in [4.78, 5) is 0. The van der Waals surface area contributed by atoms with Crippen LogP contribution < -0.4 is 0 Å². The van der Waals surface area contributed by atoms with Gasteiger partial charge in [-0.15, -0.1) is 0 Å². The average Bonchev–Trinajstić information content (AvgIpc) is 2.15. The molecule has 1 unspecified atom stereocenters. The number of hydrogen-bond donors (Lipinski definition) is 0. The Morgan fingerprint density at radius 2 is 1.92 bits per heavy atom. The third kappa shape index (κ3) is 3.41. The van der Waals surface area contributed by atoms with Gasteiger partial charge >= 0.3 is 0 Å². The van der Waals surface area contributed by atoms with E-state index in [0.29, 0.717) is 10.4 Å². The minimum atomic E-state index is 0.325. The Morgan fingerprint density at radius 1 is 1.31 bits per heavy atom. The number of allylic oxidation sites excluding steroid dienone is 1. The number of benzene rings is 1. The van der Waals surface area contributed by atoms with E-state index in [-0.39, 0.29) is 0 Å². The van der Waals surface area contributed by atoms with Gasteiger partial charge in [-0.05, 0) is 18.1 Å². The molecule has 1 aromatic rings. The molecule has 0 aromatic heterocycles. The summed E-state index contributed by atoms with van der Waals surface area (Å²) in [5.74, 6) is 0.325. The van der Waals surface area contributed by atoms with Crippen molar-refractivity contribution < 1.29 is 0 Å². The predicted octanol–water partition coefficient (Wildman–Crippen LogP) is 4.50. The molecule has 0 bridgehead atoms. The molecule has 0 saturated heterocycles. The zero-order valence-corrected chi connectivity index (χ0v) is 9.02. The first-order valence-electron chi connectivity index (χ1n) is 4.31. The molecule has 1 atom stereocenters. The summed E-state index contributed by atoms with van der Waals surface area (Å²) >= 11 is 11.3. The summed E-state index contributed by atoms with van der Waals surface area (Å²) in [5, 5.41) is 0. The third-order valence-electron chi connectivity index (χ3n) is 1.99. The molecule has 70 valence electrons. The fraction of sp³-hybridized carbons (Fsp3) is 0.273. The van der Waals surface area contributed by atoms with E-state index in [2.05, 4.69) is 19.1 Å². The first kappa shape index (κ1) is 10.6. The molecule has 1 rings (SSSR count). The lowest BCUT2D eigenvalue weighted by atomic mass is 9.97. The molecule has 0 radical (unpaired) electrons. The fourth-order valence-electron chi connectivity index (χ4n) is 1.30. The lowest BCUT2D eigenvalue weighted by molar-refractivity contribution is 0.805. The summed E-state index contributed by atoms with van der Waals surface area (Å²) in [5.41, 5.74) is 1.25. The smallest absolute Gasteiger partial charge is 0.0712 e. The molecule has 0 fully saturated rings. The molecule has 0 saturated carbocycles. The second kappa shape index (κ2) is 5.31. The standard InChI is InChI=1S/C11H12Cl2/c1-2-9(8-11(12)13)10-6-4-3-5-7-10/h3-9H,2H2,1H3. The van der Waals surface area contributed by atoms with E-state index < -0.39 is 0 Å². The SMILES string of the molecule is CCC(C=C(Cl)Cl)c1ccccc1. The summed E-state index contributed by atoms with van der Waals surface area (Å²) in [7, 11) is 0. The highest BCUT2D eigenvalue weighted by atomic mass is 35.5. The summed E-state index contributed by atoms with van der Waals surface area (Å²) in [6.07, 6.45) is 2.88. The lowest BCUT2D eigenvalue weighted by Gasteiger charge is -2.09. The van der Waals surface area contributed by atoms with E-state index in [4.69, 9.17) is 23.2 Å². The molecule has 0 aliphatic heterocycles. The fourth-order valence-corrected chi connectivity index (χ4v) is 1.61. The molecule has 0 nitrogen and oxygen atoms in total. The number of halogens is 2. The van der Waals surface area contributed by atoms with E-state index in [1.165, 1.54) is 5.56 Å². The monoisotopic (exact) mass is 214 g/mol. The number of rotatable bonds is 3. The van der Waals surface area contributed by atoms with Crippen molar-refractivity contribution in [3.63, 3.8) is 0 Å². The van der Waals surface area contributed by atoms with E-state index >= 15 is 0 Å². The van der Waals surface area contributed by atoms with Crippen LogP contribution in [-0.4, -0.2) is 0 Å². The Morgan fingerprint density at radius 3 is 2.38 bits per heavy atom. The Bertz CT molecular complexity index is 273. The zero-order chi connectivity index (χ0) is 9.68. The Hall–Kier alpha value is -0.460. The van der Waals surface area contributed by atoms with E-state index in [1.54, 1.807) is 0 Å². The van der Waals surface area contributed by atoms with Crippen molar-refractivity contribution in [2.24, 2.45) is 0 Å². The second-order valence-corrected chi connectivity index (χ2v) is 3.89. The molecule has 0 heterocycles. The lowest BCUT2D eigenvalue weighted by Crippen LogP contribution is -1.92. The van der Waals surface area contributed by atoms with Gasteiger partial charge in [-0.2, -0.15) is 0 Å². The molecule has 0 amide bonds. The normalized spacial score (nSPS) is 12.2. The van der Waals surface area contributed by atoms with Gasteiger partial charge in [-0.25, -0.2) is 0 Å². The molecule has 0 spiro atoms. The van der Waals surface area contributed by atoms with Crippen molar-refractivity contribution >= 4 is 23.2 Å². The molecular formula is C11H12Cl2. The molecular weight excluding hydrogens is 203 g/mol. The maximum absolute atomic E-state index is 5.63. The van der Waals surface area contributed by atoms with Gasteiger partial charge in [-0.3, -0.25) is 0 Å². The van der Waals surface area contributed by atoms with Crippen LogP contribution in [0.2, 0.25) is 0 Å². The van der Waals surface area contributed by atoms with Crippen LogP contribution in [0.5, 0.6) is 0 Å².